The minimum Gasteiger partial charge on any atom is -0.457 e. The minimum atomic E-state index is -0.102. The molecule has 0 saturated carbocycles. The molecule has 0 bridgehead atoms. The first-order valence-electron chi connectivity index (χ1n) is 7.98. The highest BCUT2D eigenvalue weighted by atomic mass is 32.2. The summed E-state index contributed by atoms with van der Waals surface area (Å²) in [5.74, 6) is 1.31. The Kier molecular flexibility index (Phi) is 4.72. The standard InChI is InChI=1S/C18H16N2O3S2/c21-17-16(25-18(24)20(17)19-8-10-22-11-9-19)12-14-6-7-15(23-14)13-4-2-1-3-5-13/h1-7,12H,8-11H2. The zero-order valence-corrected chi connectivity index (χ0v) is 15.0. The summed E-state index contributed by atoms with van der Waals surface area (Å²) in [6.45, 7) is 2.54. The Morgan fingerprint density at radius 3 is 2.60 bits per heavy atom. The number of amides is 1. The van der Waals surface area contributed by atoms with E-state index in [0.29, 0.717) is 41.3 Å². The van der Waals surface area contributed by atoms with Crippen molar-refractivity contribution in [2.24, 2.45) is 0 Å². The van der Waals surface area contributed by atoms with E-state index in [2.05, 4.69) is 0 Å². The zero-order chi connectivity index (χ0) is 17.2. The lowest BCUT2D eigenvalue weighted by atomic mass is 10.2. The maximum atomic E-state index is 12.7. The SMILES string of the molecule is O=C1C(=Cc2ccc(-c3ccccc3)o2)SC(=S)N1N1CCOCC1. The molecule has 4 rings (SSSR count). The number of ether oxygens (including phenoxy) is 1. The van der Waals surface area contributed by atoms with Gasteiger partial charge in [-0.15, -0.1) is 0 Å². The number of morpholine rings is 1. The number of nitrogens with zero attached hydrogens (tertiary/aromatic N) is 2. The molecule has 1 aromatic heterocycles. The number of thiocarbonyl (C=S) groups is 1. The highest BCUT2D eigenvalue weighted by molar-refractivity contribution is 8.26. The Bertz CT molecular complexity index is 826. The van der Waals surface area contributed by atoms with Crippen LogP contribution in [-0.2, 0) is 9.53 Å². The Labute approximate surface area is 155 Å². The summed E-state index contributed by atoms with van der Waals surface area (Å²) in [7, 11) is 0. The molecule has 1 aromatic carbocycles. The van der Waals surface area contributed by atoms with E-state index in [9.17, 15) is 4.79 Å². The van der Waals surface area contributed by atoms with Crippen molar-refractivity contribution < 1.29 is 13.9 Å². The van der Waals surface area contributed by atoms with Crippen LogP contribution in [0.3, 0.4) is 0 Å². The summed E-state index contributed by atoms with van der Waals surface area (Å²) in [4.78, 5) is 13.3. The summed E-state index contributed by atoms with van der Waals surface area (Å²) in [5.41, 5.74) is 1.00. The maximum Gasteiger partial charge on any atom is 0.281 e. The molecule has 25 heavy (non-hydrogen) atoms. The molecule has 0 aliphatic carbocycles. The van der Waals surface area contributed by atoms with Gasteiger partial charge in [-0.3, -0.25) is 4.79 Å². The third-order valence-electron chi connectivity index (χ3n) is 4.00. The third kappa shape index (κ3) is 3.41. The first-order chi connectivity index (χ1) is 12.2. The van der Waals surface area contributed by atoms with Crippen molar-refractivity contribution in [2.45, 2.75) is 0 Å². The number of rotatable bonds is 3. The van der Waals surface area contributed by atoms with Crippen LogP contribution in [0.4, 0.5) is 0 Å². The molecule has 2 saturated heterocycles. The number of hydrazine groups is 1. The first kappa shape index (κ1) is 16.5. The number of carbonyl (C=O) groups excluding carboxylic acids is 1. The minimum absolute atomic E-state index is 0.102. The second kappa shape index (κ2) is 7.13. The van der Waals surface area contributed by atoms with Crippen LogP contribution in [0.2, 0.25) is 0 Å². The van der Waals surface area contributed by atoms with Crippen molar-refractivity contribution in [3.63, 3.8) is 0 Å². The van der Waals surface area contributed by atoms with Crippen LogP contribution in [0.15, 0.2) is 51.8 Å². The Morgan fingerprint density at radius 1 is 1.08 bits per heavy atom. The molecule has 0 unspecified atom stereocenters. The summed E-state index contributed by atoms with van der Waals surface area (Å²) in [6.07, 6.45) is 1.76. The molecular formula is C18H16N2O3S2. The number of thioether (sulfide) groups is 1. The quantitative estimate of drug-likeness (QED) is 0.608. The third-order valence-corrected chi connectivity index (χ3v) is 5.28. The van der Waals surface area contributed by atoms with Gasteiger partial charge in [-0.2, -0.15) is 0 Å². The fraction of sp³-hybridized carbons (Fsp3) is 0.222. The lowest BCUT2D eigenvalue weighted by molar-refractivity contribution is -0.138. The highest BCUT2D eigenvalue weighted by Crippen LogP contribution is 2.34. The molecule has 0 spiro atoms. The largest absolute Gasteiger partial charge is 0.457 e. The first-order valence-corrected chi connectivity index (χ1v) is 9.21. The molecule has 5 nitrogen and oxygen atoms in total. The van der Waals surface area contributed by atoms with Gasteiger partial charge in [0.05, 0.1) is 18.1 Å². The van der Waals surface area contributed by atoms with Crippen molar-refractivity contribution in [2.75, 3.05) is 26.3 Å². The molecule has 0 N–H and O–H groups in total. The summed E-state index contributed by atoms with van der Waals surface area (Å²) >= 11 is 6.69. The molecule has 3 heterocycles. The van der Waals surface area contributed by atoms with E-state index in [4.69, 9.17) is 21.4 Å². The van der Waals surface area contributed by atoms with Crippen molar-refractivity contribution in [1.82, 2.24) is 10.0 Å². The van der Waals surface area contributed by atoms with Crippen LogP contribution in [0.1, 0.15) is 5.76 Å². The normalized spacial score (nSPS) is 20.6. The molecular weight excluding hydrogens is 356 g/mol. The van der Waals surface area contributed by atoms with Crippen LogP contribution in [0.5, 0.6) is 0 Å². The fourth-order valence-electron chi connectivity index (χ4n) is 2.77. The number of furan rings is 1. The Balaban J connectivity index is 1.55. The van der Waals surface area contributed by atoms with Gasteiger partial charge >= 0.3 is 0 Å². The van der Waals surface area contributed by atoms with E-state index in [0.717, 1.165) is 11.3 Å². The van der Waals surface area contributed by atoms with Crippen LogP contribution in [0.25, 0.3) is 17.4 Å². The predicted octanol–water partition coefficient (Wildman–Crippen LogP) is 3.40. The van der Waals surface area contributed by atoms with Crippen molar-refractivity contribution in [3.8, 4) is 11.3 Å². The molecule has 7 heteroatoms. The Morgan fingerprint density at radius 2 is 1.84 bits per heavy atom. The highest BCUT2D eigenvalue weighted by Gasteiger charge is 2.37. The number of benzene rings is 1. The topological polar surface area (TPSA) is 45.9 Å². The van der Waals surface area contributed by atoms with E-state index in [1.54, 1.807) is 11.1 Å². The maximum absolute atomic E-state index is 12.7. The average molecular weight is 372 g/mol. The molecule has 2 fully saturated rings. The van der Waals surface area contributed by atoms with Crippen molar-refractivity contribution in [1.29, 1.82) is 0 Å². The van der Waals surface area contributed by atoms with Gasteiger partial charge in [0.2, 0.25) is 0 Å². The summed E-state index contributed by atoms with van der Waals surface area (Å²) < 4.78 is 11.7. The fourth-order valence-corrected chi connectivity index (χ4v) is 4.06. The number of hydrogen-bond acceptors (Lipinski definition) is 6. The van der Waals surface area contributed by atoms with Gasteiger partial charge in [-0.1, -0.05) is 54.3 Å². The lowest BCUT2D eigenvalue weighted by Gasteiger charge is -2.33. The molecule has 0 radical (unpaired) electrons. The van der Waals surface area contributed by atoms with Crippen LogP contribution in [-0.4, -0.2) is 46.5 Å². The van der Waals surface area contributed by atoms with Gasteiger partial charge in [0.15, 0.2) is 4.32 Å². The van der Waals surface area contributed by atoms with Crippen molar-refractivity contribution in [3.05, 3.63) is 53.1 Å². The zero-order valence-electron chi connectivity index (χ0n) is 13.4. The second-order valence-electron chi connectivity index (χ2n) is 5.63. The van der Waals surface area contributed by atoms with E-state index >= 15 is 0 Å². The number of carbonyl (C=O) groups is 1. The molecule has 2 aromatic rings. The predicted molar refractivity (Wildman–Crippen MR) is 102 cm³/mol. The van der Waals surface area contributed by atoms with Gasteiger partial charge in [-0.05, 0) is 12.1 Å². The van der Waals surface area contributed by atoms with E-state index < -0.39 is 0 Å². The summed E-state index contributed by atoms with van der Waals surface area (Å²) in [5, 5.41) is 3.52. The summed E-state index contributed by atoms with van der Waals surface area (Å²) in [6, 6.07) is 13.6. The smallest absolute Gasteiger partial charge is 0.281 e. The van der Waals surface area contributed by atoms with Gasteiger partial charge in [-0.25, -0.2) is 10.0 Å². The second-order valence-corrected chi connectivity index (χ2v) is 7.30. The van der Waals surface area contributed by atoms with Crippen LogP contribution < -0.4 is 0 Å². The van der Waals surface area contributed by atoms with E-state index in [-0.39, 0.29) is 5.91 Å². The Hall–Kier alpha value is -1.93. The van der Waals surface area contributed by atoms with Gasteiger partial charge in [0, 0.05) is 24.7 Å². The van der Waals surface area contributed by atoms with Gasteiger partial charge < -0.3 is 9.15 Å². The van der Waals surface area contributed by atoms with E-state index in [1.807, 2.05) is 47.5 Å². The van der Waals surface area contributed by atoms with Crippen LogP contribution in [0, 0.1) is 0 Å². The van der Waals surface area contributed by atoms with Gasteiger partial charge in [0.1, 0.15) is 11.5 Å². The number of hydrogen-bond donors (Lipinski definition) is 0. The molecule has 2 aliphatic heterocycles. The molecule has 0 atom stereocenters. The van der Waals surface area contributed by atoms with E-state index in [1.165, 1.54) is 11.8 Å². The van der Waals surface area contributed by atoms with Gasteiger partial charge in [0.25, 0.3) is 5.91 Å². The average Bonchev–Trinajstić information content (AvgIpc) is 3.22. The van der Waals surface area contributed by atoms with Crippen molar-refractivity contribution >= 4 is 40.3 Å². The van der Waals surface area contributed by atoms with Crippen LogP contribution >= 0.6 is 24.0 Å². The molecule has 128 valence electrons. The monoisotopic (exact) mass is 372 g/mol. The molecule has 2 aliphatic rings. The molecule has 1 amide bonds. The lowest BCUT2D eigenvalue weighted by Crippen LogP contribution is -2.50.